The van der Waals surface area contributed by atoms with Crippen molar-refractivity contribution < 1.29 is 0 Å². The molecule has 0 N–H and O–H groups in total. The van der Waals surface area contributed by atoms with Gasteiger partial charge in [-0.25, -0.2) is 9.48 Å². The molecule has 0 saturated carbocycles. The van der Waals surface area contributed by atoms with Gasteiger partial charge in [0.1, 0.15) is 5.69 Å². The molecule has 15 heavy (non-hydrogen) atoms. The van der Waals surface area contributed by atoms with Crippen LogP contribution in [0.5, 0.6) is 0 Å². The second-order valence-electron chi connectivity index (χ2n) is 3.32. The zero-order chi connectivity index (χ0) is 10.8. The van der Waals surface area contributed by atoms with Gasteiger partial charge in [0.25, 0.3) is 0 Å². The van der Waals surface area contributed by atoms with Crippen LogP contribution < -0.4 is 5.69 Å². The minimum atomic E-state index is -0.327. The SMILES string of the molecule is Cc1nc(=O)n(C)nc1-c1ccccc1. The zero-order valence-electron chi connectivity index (χ0n) is 8.64. The lowest BCUT2D eigenvalue weighted by Crippen LogP contribution is -2.24. The Morgan fingerprint density at radius 2 is 1.87 bits per heavy atom. The topological polar surface area (TPSA) is 47.8 Å². The highest BCUT2D eigenvalue weighted by molar-refractivity contribution is 5.60. The van der Waals surface area contributed by atoms with Crippen molar-refractivity contribution in [2.24, 2.45) is 7.05 Å². The highest BCUT2D eigenvalue weighted by Crippen LogP contribution is 2.16. The normalized spacial score (nSPS) is 10.3. The molecular formula is C11H11N3O. The van der Waals surface area contributed by atoms with Gasteiger partial charge in [0.05, 0.1) is 5.69 Å². The Morgan fingerprint density at radius 1 is 1.20 bits per heavy atom. The highest BCUT2D eigenvalue weighted by Gasteiger charge is 2.06. The van der Waals surface area contributed by atoms with Crippen molar-refractivity contribution in [3.05, 3.63) is 46.5 Å². The number of hydrogen-bond donors (Lipinski definition) is 0. The van der Waals surface area contributed by atoms with E-state index in [9.17, 15) is 4.79 Å². The fourth-order valence-electron chi connectivity index (χ4n) is 1.40. The molecule has 0 saturated heterocycles. The molecule has 1 aromatic carbocycles. The Morgan fingerprint density at radius 3 is 2.53 bits per heavy atom. The van der Waals surface area contributed by atoms with Gasteiger partial charge in [-0.1, -0.05) is 30.3 Å². The van der Waals surface area contributed by atoms with Gasteiger partial charge in [0, 0.05) is 12.6 Å². The van der Waals surface area contributed by atoms with Crippen molar-refractivity contribution in [1.29, 1.82) is 0 Å². The lowest BCUT2D eigenvalue weighted by Gasteiger charge is -2.04. The molecule has 0 radical (unpaired) electrons. The maximum Gasteiger partial charge on any atom is 0.363 e. The van der Waals surface area contributed by atoms with Crippen molar-refractivity contribution >= 4 is 0 Å². The summed E-state index contributed by atoms with van der Waals surface area (Å²) in [5.74, 6) is 0. The molecule has 2 rings (SSSR count). The van der Waals surface area contributed by atoms with Gasteiger partial charge < -0.3 is 0 Å². The Balaban J connectivity index is 2.64. The molecule has 4 heteroatoms. The van der Waals surface area contributed by atoms with E-state index in [0.717, 1.165) is 11.3 Å². The van der Waals surface area contributed by atoms with Gasteiger partial charge in [-0.3, -0.25) is 0 Å². The number of benzene rings is 1. The fraction of sp³-hybridized carbons (Fsp3) is 0.182. The third-order valence-corrected chi connectivity index (χ3v) is 2.18. The molecule has 0 aliphatic rings. The van der Waals surface area contributed by atoms with Gasteiger partial charge in [0.2, 0.25) is 0 Å². The van der Waals surface area contributed by atoms with Crippen molar-refractivity contribution in [2.75, 3.05) is 0 Å². The quantitative estimate of drug-likeness (QED) is 0.695. The predicted molar refractivity (Wildman–Crippen MR) is 57.4 cm³/mol. The number of aryl methyl sites for hydroxylation is 2. The Bertz CT molecular complexity index is 531. The molecular weight excluding hydrogens is 190 g/mol. The van der Waals surface area contributed by atoms with E-state index < -0.39 is 0 Å². The van der Waals surface area contributed by atoms with E-state index in [1.54, 1.807) is 14.0 Å². The molecule has 76 valence electrons. The Kier molecular flexibility index (Phi) is 2.33. The van der Waals surface area contributed by atoms with Gasteiger partial charge >= 0.3 is 5.69 Å². The van der Waals surface area contributed by atoms with Gasteiger partial charge in [-0.05, 0) is 6.92 Å². The van der Waals surface area contributed by atoms with E-state index in [1.807, 2.05) is 30.3 Å². The molecule has 1 heterocycles. The summed E-state index contributed by atoms with van der Waals surface area (Å²) in [5, 5.41) is 4.18. The number of hydrogen-bond acceptors (Lipinski definition) is 3. The molecule has 4 nitrogen and oxygen atoms in total. The van der Waals surface area contributed by atoms with Crippen molar-refractivity contribution in [2.45, 2.75) is 6.92 Å². The Labute approximate surface area is 87.2 Å². The van der Waals surface area contributed by atoms with Crippen molar-refractivity contribution in [1.82, 2.24) is 14.8 Å². The van der Waals surface area contributed by atoms with Crippen LogP contribution >= 0.6 is 0 Å². The lowest BCUT2D eigenvalue weighted by atomic mass is 10.1. The van der Waals surface area contributed by atoms with Crippen LogP contribution in [0.3, 0.4) is 0 Å². The van der Waals surface area contributed by atoms with Crippen LogP contribution in [0.15, 0.2) is 35.1 Å². The van der Waals surface area contributed by atoms with Gasteiger partial charge in [-0.2, -0.15) is 10.1 Å². The average molecular weight is 201 g/mol. The van der Waals surface area contributed by atoms with E-state index in [1.165, 1.54) is 4.68 Å². The van der Waals surface area contributed by atoms with Crippen LogP contribution in [-0.2, 0) is 7.05 Å². The smallest absolute Gasteiger partial charge is 0.244 e. The van der Waals surface area contributed by atoms with E-state index in [-0.39, 0.29) is 5.69 Å². The molecule has 0 bridgehead atoms. The summed E-state index contributed by atoms with van der Waals surface area (Å²) in [4.78, 5) is 15.1. The highest BCUT2D eigenvalue weighted by atomic mass is 16.1. The zero-order valence-corrected chi connectivity index (χ0v) is 8.64. The first-order valence-corrected chi connectivity index (χ1v) is 4.66. The summed E-state index contributed by atoms with van der Waals surface area (Å²) in [6.07, 6.45) is 0. The van der Waals surface area contributed by atoms with E-state index in [4.69, 9.17) is 0 Å². The minimum absolute atomic E-state index is 0.327. The van der Waals surface area contributed by atoms with Crippen LogP contribution in [0, 0.1) is 6.92 Å². The Hall–Kier alpha value is -1.97. The molecule has 0 aliphatic carbocycles. The number of rotatable bonds is 1. The lowest BCUT2D eigenvalue weighted by molar-refractivity contribution is 0.671. The number of nitrogens with zero attached hydrogens (tertiary/aromatic N) is 3. The number of aromatic nitrogens is 3. The molecule has 1 aromatic heterocycles. The molecule has 0 unspecified atom stereocenters. The largest absolute Gasteiger partial charge is 0.363 e. The molecule has 0 fully saturated rings. The fourth-order valence-corrected chi connectivity index (χ4v) is 1.40. The van der Waals surface area contributed by atoms with E-state index >= 15 is 0 Å². The maximum absolute atomic E-state index is 11.2. The summed E-state index contributed by atoms with van der Waals surface area (Å²) in [6.45, 7) is 1.79. The summed E-state index contributed by atoms with van der Waals surface area (Å²) in [6, 6.07) is 9.69. The van der Waals surface area contributed by atoms with Gasteiger partial charge in [-0.15, -0.1) is 0 Å². The minimum Gasteiger partial charge on any atom is -0.244 e. The molecule has 2 aromatic rings. The summed E-state index contributed by atoms with van der Waals surface area (Å²) < 4.78 is 1.25. The first-order chi connectivity index (χ1) is 7.18. The second kappa shape index (κ2) is 3.65. The molecule has 0 spiro atoms. The van der Waals surface area contributed by atoms with Crippen molar-refractivity contribution in [3.8, 4) is 11.3 Å². The molecule has 0 atom stereocenters. The summed E-state index contributed by atoms with van der Waals surface area (Å²) in [5.41, 5.74) is 2.05. The van der Waals surface area contributed by atoms with E-state index in [2.05, 4.69) is 10.1 Å². The van der Waals surface area contributed by atoms with E-state index in [0.29, 0.717) is 5.69 Å². The summed E-state index contributed by atoms with van der Waals surface area (Å²) in [7, 11) is 1.60. The van der Waals surface area contributed by atoms with Crippen LogP contribution in [-0.4, -0.2) is 14.8 Å². The van der Waals surface area contributed by atoms with Crippen LogP contribution in [0.2, 0.25) is 0 Å². The van der Waals surface area contributed by atoms with Gasteiger partial charge in [0.15, 0.2) is 0 Å². The van der Waals surface area contributed by atoms with Crippen LogP contribution in [0.25, 0.3) is 11.3 Å². The predicted octanol–water partition coefficient (Wildman–Crippen LogP) is 1.15. The maximum atomic E-state index is 11.2. The standard InChI is InChI=1S/C11H11N3O/c1-8-10(9-6-4-3-5-7-9)13-14(2)11(15)12-8/h3-7H,1-2H3. The second-order valence-corrected chi connectivity index (χ2v) is 3.32. The third kappa shape index (κ3) is 1.79. The first kappa shape index (κ1) is 9.58. The average Bonchev–Trinajstić information content (AvgIpc) is 2.25. The summed E-state index contributed by atoms with van der Waals surface area (Å²) >= 11 is 0. The van der Waals surface area contributed by atoms with Crippen molar-refractivity contribution in [3.63, 3.8) is 0 Å². The first-order valence-electron chi connectivity index (χ1n) is 4.66. The van der Waals surface area contributed by atoms with Crippen LogP contribution in [0.1, 0.15) is 5.69 Å². The third-order valence-electron chi connectivity index (χ3n) is 2.18. The van der Waals surface area contributed by atoms with Crippen LogP contribution in [0.4, 0.5) is 0 Å². The molecule has 0 amide bonds. The molecule has 0 aliphatic heterocycles. The monoisotopic (exact) mass is 201 g/mol.